The van der Waals surface area contributed by atoms with Crippen LogP contribution in [0.15, 0.2) is 70.4 Å². The molecule has 0 radical (unpaired) electrons. The molecule has 0 aliphatic heterocycles. The predicted molar refractivity (Wildman–Crippen MR) is 140 cm³/mol. The van der Waals surface area contributed by atoms with Crippen LogP contribution in [0.3, 0.4) is 0 Å². The van der Waals surface area contributed by atoms with Gasteiger partial charge < -0.3 is 15.6 Å². The summed E-state index contributed by atoms with van der Waals surface area (Å²) in [5.74, 6) is 5.45. The minimum atomic E-state index is -0.763. The Morgan fingerprint density at radius 3 is 2.69 bits per heavy atom. The van der Waals surface area contributed by atoms with Crippen molar-refractivity contribution in [1.82, 2.24) is 44.4 Å². The topological polar surface area (TPSA) is 164 Å². The summed E-state index contributed by atoms with van der Waals surface area (Å²) >= 11 is 0. The zero-order valence-electron chi connectivity index (χ0n) is 20.7. The van der Waals surface area contributed by atoms with E-state index in [0.717, 1.165) is 0 Å². The standard InChI is InChI=1S/C26H20N10O3/c1-15(29-24(37)20-21(27)32-35-13-6-12-28-23(20)35)22-30-25-19(26(38)36(22)17-7-4-3-5-8-17)18(33-39-25)10-9-16-11-14-34(2)31-16/h3-8,11-15H,1-2H3,(H2,27,32)(H,29,37). The van der Waals surface area contributed by atoms with Crippen molar-refractivity contribution in [2.75, 3.05) is 5.73 Å². The molecule has 6 aromatic rings. The zero-order chi connectivity index (χ0) is 27.1. The van der Waals surface area contributed by atoms with Gasteiger partial charge in [0.15, 0.2) is 17.2 Å². The van der Waals surface area contributed by atoms with E-state index in [1.165, 1.54) is 15.3 Å². The van der Waals surface area contributed by atoms with E-state index in [2.05, 4.69) is 42.5 Å². The number of nitrogens with zero attached hydrogens (tertiary/aromatic N) is 8. The largest absolute Gasteiger partial charge is 0.381 e. The molecule has 1 atom stereocenters. The van der Waals surface area contributed by atoms with Gasteiger partial charge >= 0.3 is 0 Å². The number of benzene rings is 1. The summed E-state index contributed by atoms with van der Waals surface area (Å²) in [4.78, 5) is 35.9. The van der Waals surface area contributed by atoms with E-state index < -0.39 is 17.5 Å². The second-order valence-electron chi connectivity index (χ2n) is 8.63. The number of carbonyl (C=O) groups is 1. The Balaban J connectivity index is 1.45. The molecule has 1 aromatic carbocycles. The Kier molecular flexibility index (Phi) is 5.61. The minimum Gasteiger partial charge on any atom is -0.381 e. The van der Waals surface area contributed by atoms with Crippen LogP contribution in [0.25, 0.3) is 22.4 Å². The summed E-state index contributed by atoms with van der Waals surface area (Å²) in [6.45, 7) is 1.69. The summed E-state index contributed by atoms with van der Waals surface area (Å²) in [6.07, 6.45) is 4.94. The van der Waals surface area contributed by atoms with Crippen molar-refractivity contribution in [2.45, 2.75) is 13.0 Å². The monoisotopic (exact) mass is 520 g/mol. The number of rotatable bonds is 4. The maximum atomic E-state index is 13.9. The summed E-state index contributed by atoms with van der Waals surface area (Å²) in [6, 6.07) is 11.6. The Bertz CT molecular complexity index is 1990. The van der Waals surface area contributed by atoms with Crippen LogP contribution in [0.2, 0.25) is 0 Å². The van der Waals surface area contributed by atoms with E-state index in [0.29, 0.717) is 17.0 Å². The van der Waals surface area contributed by atoms with Crippen molar-refractivity contribution >= 4 is 28.5 Å². The van der Waals surface area contributed by atoms with Crippen molar-refractivity contribution in [1.29, 1.82) is 0 Å². The molecule has 5 aromatic heterocycles. The molecule has 0 fully saturated rings. The lowest BCUT2D eigenvalue weighted by Gasteiger charge is -2.18. The lowest BCUT2D eigenvalue weighted by Crippen LogP contribution is -2.33. The van der Waals surface area contributed by atoms with Gasteiger partial charge in [0.05, 0.1) is 11.7 Å². The van der Waals surface area contributed by atoms with Gasteiger partial charge in [-0.3, -0.25) is 18.8 Å². The van der Waals surface area contributed by atoms with Gasteiger partial charge in [0.1, 0.15) is 22.5 Å². The normalized spacial score (nSPS) is 11.8. The lowest BCUT2D eigenvalue weighted by atomic mass is 10.2. The van der Waals surface area contributed by atoms with Crippen molar-refractivity contribution in [3.05, 3.63) is 94.2 Å². The van der Waals surface area contributed by atoms with Gasteiger partial charge in [0.2, 0.25) is 0 Å². The molecule has 1 amide bonds. The Hall–Kier alpha value is -5.77. The number of hydrogen-bond donors (Lipinski definition) is 2. The van der Waals surface area contributed by atoms with E-state index in [4.69, 9.17) is 10.3 Å². The molecular weight excluding hydrogens is 500 g/mol. The zero-order valence-corrected chi connectivity index (χ0v) is 20.7. The van der Waals surface area contributed by atoms with Gasteiger partial charge in [-0.05, 0) is 43.0 Å². The van der Waals surface area contributed by atoms with E-state index >= 15 is 0 Å². The van der Waals surface area contributed by atoms with Crippen LogP contribution >= 0.6 is 0 Å². The SMILES string of the molecule is CC(NC(=O)c1c(N)nn2cccnc12)c1nc2onc(C#Cc3ccn(C)n3)c2c(=O)n1-c1ccccc1. The van der Waals surface area contributed by atoms with Crippen LogP contribution in [-0.4, -0.2) is 45.0 Å². The van der Waals surface area contributed by atoms with Crippen molar-refractivity contribution in [3.8, 4) is 17.5 Å². The first-order valence-corrected chi connectivity index (χ1v) is 11.8. The van der Waals surface area contributed by atoms with Crippen LogP contribution < -0.4 is 16.6 Å². The van der Waals surface area contributed by atoms with Crippen LogP contribution in [0.5, 0.6) is 0 Å². The molecule has 0 saturated carbocycles. The number of carbonyl (C=O) groups excluding carboxylic acids is 1. The third-order valence-corrected chi connectivity index (χ3v) is 5.96. The highest BCUT2D eigenvalue weighted by atomic mass is 16.5. The number of amides is 1. The van der Waals surface area contributed by atoms with E-state index in [1.807, 2.05) is 6.07 Å². The molecule has 39 heavy (non-hydrogen) atoms. The number of aryl methyl sites for hydroxylation is 1. The number of anilines is 1. The summed E-state index contributed by atoms with van der Waals surface area (Å²) in [5, 5.41) is 15.3. The molecular formula is C26H20N10O3. The average Bonchev–Trinajstić information content (AvgIpc) is 3.63. The Morgan fingerprint density at radius 2 is 1.92 bits per heavy atom. The fraction of sp³-hybridized carbons (Fsp3) is 0.115. The number of hydrogen-bond acceptors (Lipinski definition) is 9. The molecule has 5 heterocycles. The summed E-state index contributed by atoms with van der Waals surface area (Å²) in [5.41, 5.74) is 7.15. The first-order valence-electron chi connectivity index (χ1n) is 11.8. The minimum absolute atomic E-state index is 0.00855. The highest BCUT2D eigenvalue weighted by Gasteiger charge is 2.26. The number of fused-ring (bicyclic) bond motifs is 2. The van der Waals surface area contributed by atoms with E-state index in [1.54, 1.807) is 67.4 Å². The second kappa shape index (κ2) is 9.27. The van der Waals surface area contributed by atoms with Crippen molar-refractivity contribution in [3.63, 3.8) is 0 Å². The molecule has 13 nitrogen and oxygen atoms in total. The molecule has 0 spiro atoms. The number of nitrogen functional groups attached to an aromatic ring is 1. The number of aromatic nitrogens is 8. The Morgan fingerprint density at radius 1 is 1.10 bits per heavy atom. The van der Waals surface area contributed by atoms with Crippen LogP contribution in [0, 0.1) is 11.8 Å². The Labute approximate surface area is 219 Å². The third kappa shape index (κ3) is 4.15. The lowest BCUT2D eigenvalue weighted by molar-refractivity contribution is 0.0940. The third-order valence-electron chi connectivity index (χ3n) is 5.96. The quantitative estimate of drug-likeness (QED) is 0.329. The van der Waals surface area contributed by atoms with E-state index in [-0.39, 0.29) is 34.0 Å². The maximum absolute atomic E-state index is 13.9. The molecule has 0 aliphatic carbocycles. The van der Waals surface area contributed by atoms with Gasteiger partial charge in [0.25, 0.3) is 17.2 Å². The van der Waals surface area contributed by atoms with Gasteiger partial charge in [0, 0.05) is 25.6 Å². The maximum Gasteiger partial charge on any atom is 0.272 e. The molecule has 192 valence electrons. The molecule has 13 heteroatoms. The highest BCUT2D eigenvalue weighted by molar-refractivity contribution is 6.04. The highest BCUT2D eigenvalue weighted by Crippen LogP contribution is 2.22. The summed E-state index contributed by atoms with van der Waals surface area (Å²) in [7, 11) is 1.78. The van der Waals surface area contributed by atoms with E-state index in [9.17, 15) is 9.59 Å². The average molecular weight is 521 g/mol. The first-order chi connectivity index (χ1) is 18.9. The predicted octanol–water partition coefficient (Wildman–Crippen LogP) is 1.62. The fourth-order valence-electron chi connectivity index (χ4n) is 4.18. The molecule has 0 bridgehead atoms. The molecule has 6 rings (SSSR count). The van der Waals surface area contributed by atoms with Crippen molar-refractivity contribution < 1.29 is 9.32 Å². The molecule has 3 N–H and O–H groups in total. The second-order valence-corrected chi connectivity index (χ2v) is 8.63. The summed E-state index contributed by atoms with van der Waals surface area (Å²) < 4.78 is 9.83. The molecule has 0 saturated heterocycles. The van der Waals surface area contributed by atoms with Gasteiger partial charge in [-0.1, -0.05) is 23.4 Å². The number of nitrogens with one attached hydrogen (secondary N) is 1. The number of nitrogens with two attached hydrogens (primary N) is 1. The fourth-order valence-corrected chi connectivity index (χ4v) is 4.18. The van der Waals surface area contributed by atoms with Crippen LogP contribution in [0.1, 0.15) is 40.5 Å². The van der Waals surface area contributed by atoms with Crippen LogP contribution in [-0.2, 0) is 7.05 Å². The van der Waals surface area contributed by atoms with Crippen LogP contribution in [0.4, 0.5) is 5.82 Å². The van der Waals surface area contributed by atoms with Gasteiger partial charge in [-0.2, -0.15) is 10.1 Å². The number of para-hydroxylation sites is 1. The van der Waals surface area contributed by atoms with Crippen molar-refractivity contribution in [2.24, 2.45) is 7.05 Å². The van der Waals surface area contributed by atoms with Gasteiger partial charge in [-0.15, -0.1) is 5.10 Å². The smallest absolute Gasteiger partial charge is 0.272 e. The first kappa shape index (κ1) is 23.6. The van der Waals surface area contributed by atoms with Gasteiger partial charge in [-0.25, -0.2) is 9.50 Å². The molecule has 1 unspecified atom stereocenters. The molecule has 0 aliphatic rings.